The van der Waals surface area contributed by atoms with E-state index in [9.17, 15) is 9.18 Å². The number of nitrogens with zero attached hydrogens (tertiary/aromatic N) is 1. The lowest BCUT2D eigenvalue weighted by Gasteiger charge is -2.19. The van der Waals surface area contributed by atoms with Crippen LogP contribution in [0.4, 0.5) is 4.39 Å². The maximum Gasteiger partial charge on any atom is 0.257 e. The zero-order valence-electron chi connectivity index (χ0n) is 9.66. The first-order chi connectivity index (χ1) is 7.61. The Bertz CT molecular complexity index is 401. The maximum absolute atomic E-state index is 13.7. The van der Waals surface area contributed by atoms with Crippen molar-refractivity contribution in [1.29, 1.82) is 0 Å². The lowest BCUT2D eigenvalue weighted by atomic mass is 10.1. The molecule has 0 fully saturated rings. The van der Waals surface area contributed by atoms with Gasteiger partial charge in [0.25, 0.3) is 5.91 Å². The van der Waals surface area contributed by atoms with E-state index in [2.05, 4.69) is 6.58 Å². The van der Waals surface area contributed by atoms with Gasteiger partial charge in [0, 0.05) is 13.1 Å². The Morgan fingerprint density at radius 2 is 2.25 bits per heavy atom. The highest BCUT2D eigenvalue weighted by molar-refractivity contribution is 5.94. The van der Waals surface area contributed by atoms with Crippen LogP contribution in [0.2, 0.25) is 0 Å². The molecule has 1 aromatic carbocycles. The van der Waals surface area contributed by atoms with E-state index in [0.29, 0.717) is 18.7 Å². The summed E-state index contributed by atoms with van der Waals surface area (Å²) in [5.74, 6) is -0.724. The Morgan fingerprint density at radius 1 is 1.56 bits per heavy atom. The van der Waals surface area contributed by atoms with Crippen LogP contribution in [0.1, 0.15) is 22.8 Å². The van der Waals surface area contributed by atoms with Gasteiger partial charge in [-0.2, -0.15) is 0 Å². The fourth-order valence-corrected chi connectivity index (χ4v) is 1.49. The van der Waals surface area contributed by atoms with Crippen LogP contribution >= 0.6 is 0 Å². The van der Waals surface area contributed by atoms with Crippen molar-refractivity contribution >= 4 is 5.91 Å². The second kappa shape index (κ2) is 5.45. The summed E-state index contributed by atoms with van der Waals surface area (Å²) in [4.78, 5) is 13.5. The van der Waals surface area contributed by atoms with Crippen LogP contribution in [-0.4, -0.2) is 23.9 Å². The van der Waals surface area contributed by atoms with E-state index >= 15 is 0 Å². The van der Waals surface area contributed by atoms with Crippen LogP contribution in [0.25, 0.3) is 0 Å². The molecular weight excluding hydrogens is 205 g/mol. The number of amides is 1. The van der Waals surface area contributed by atoms with E-state index in [0.717, 1.165) is 0 Å². The Labute approximate surface area is 95.4 Å². The largest absolute Gasteiger partial charge is 0.335 e. The van der Waals surface area contributed by atoms with Crippen LogP contribution < -0.4 is 0 Å². The molecule has 0 saturated heterocycles. The number of hydrogen-bond donors (Lipinski definition) is 0. The van der Waals surface area contributed by atoms with Crippen molar-refractivity contribution in [3.8, 4) is 0 Å². The maximum atomic E-state index is 13.7. The third-order valence-electron chi connectivity index (χ3n) is 2.44. The van der Waals surface area contributed by atoms with Crippen molar-refractivity contribution in [2.24, 2.45) is 0 Å². The van der Waals surface area contributed by atoms with Gasteiger partial charge in [-0.1, -0.05) is 18.2 Å². The molecule has 0 aliphatic rings. The molecule has 0 atom stereocenters. The number of likely N-dealkylation sites (N-methyl/N-ethyl adjacent to an activating group) is 1. The minimum atomic E-state index is -0.435. The van der Waals surface area contributed by atoms with Crippen LogP contribution in [0.5, 0.6) is 0 Å². The van der Waals surface area contributed by atoms with Gasteiger partial charge in [-0.15, -0.1) is 6.58 Å². The molecule has 0 aliphatic carbocycles. The quantitative estimate of drug-likeness (QED) is 0.716. The van der Waals surface area contributed by atoms with Crippen molar-refractivity contribution in [1.82, 2.24) is 4.90 Å². The minimum Gasteiger partial charge on any atom is -0.335 e. The lowest BCUT2D eigenvalue weighted by Crippen LogP contribution is -2.31. The molecule has 0 bridgehead atoms. The molecule has 0 heterocycles. The van der Waals surface area contributed by atoms with Gasteiger partial charge >= 0.3 is 0 Å². The molecule has 0 spiro atoms. The van der Waals surface area contributed by atoms with E-state index in [-0.39, 0.29) is 11.5 Å². The predicted molar refractivity (Wildman–Crippen MR) is 62.9 cm³/mol. The normalized spacial score (nSPS) is 9.94. The van der Waals surface area contributed by atoms with E-state index in [1.807, 2.05) is 6.92 Å². The SMILES string of the molecule is C=CCN(CC)C(=O)c1cccc(C)c1F. The van der Waals surface area contributed by atoms with Gasteiger partial charge in [-0.25, -0.2) is 4.39 Å². The summed E-state index contributed by atoms with van der Waals surface area (Å²) in [6, 6.07) is 4.85. The average molecular weight is 221 g/mol. The number of benzene rings is 1. The number of halogens is 1. The second-order valence-electron chi connectivity index (χ2n) is 3.57. The molecule has 16 heavy (non-hydrogen) atoms. The van der Waals surface area contributed by atoms with Crippen LogP contribution in [0.15, 0.2) is 30.9 Å². The minimum absolute atomic E-state index is 0.128. The molecule has 3 heteroatoms. The number of carbonyl (C=O) groups is 1. The van der Waals surface area contributed by atoms with Gasteiger partial charge in [-0.05, 0) is 25.5 Å². The molecule has 0 saturated carbocycles. The molecule has 1 aromatic rings. The highest BCUT2D eigenvalue weighted by Crippen LogP contribution is 2.14. The Hall–Kier alpha value is -1.64. The molecule has 0 aromatic heterocycles. The summed E-state index contributed by atoms with van der Waals surface area (Å²) in [5.41, 5.74) is 0.615. The Kier molecular flexibility index (Phi) is 4.23. The molecule has 86 valence electrons. The van der Waals surface area contributed by atoms with Crippen LogP contribution in [0.3, 0.4) is 0 Å². The van der Waals surface area contributed by atoms with Crippen LogP contribution in [-0.2, 0) is 0 Å². The summed E-state index contributed by atoms with van der Waals surface area (Å²) < 4.78 is 13.7. The average Bonchev–Trinajstić information content (AvgIpc) is 2.29. The van der Waals surface area contributed by atoms with E-state index < -0.39 is 5.82 Å². The second-order valence-corrected chi connectivity index (χ2v) is 3.57. The number of hydrogen-bond acceptors (Lipinski definition) is 1. The van der Waals surface area contributed by atoms with Gasteiger partial charge in [0.05, 0.1) is 5.56 Å². The fraction of sp³-hybridized carbons (Fsp3) is 0.308. The predicted octanol–water partition coefficient (Wildman–Crippen LogP) is 2.78. The Morgan fingerprint density at radius 3 is 2.81 bits per heavy atom. The van der Waals surface area contributed by atoms with Gasteiger partial charge in [-0.3, -0.25) is 4.79 Å². The molecule has 2 nitrogen and oxygen atoms in total. The van der Waals surface area contributed by atoms with E-state index in [1.165, 1.54) is 6.07 Å². The molecule has 1 rings (SSSR count). The number of carbonyl (C=O) groups excluding carboxylic acids is 1. The summed E-state index contributed by atoms with van der Waals surface area (Å²) in [5, 5.41) is 0. The molecule has 1 amide bonds. The van der Waals surface area contributed by atoms with Crippen molar-refractivity contribution in [2.45, 2.75) is 13.8 Å². The molecule has 0 radical (unpaired) electrons. The van der Waals surface area contributed by atoms with Gasteiger partial charge in [0.2, 0.25) is 0 Å². The number of aryl methyl sites for hydroxylation is 1. The zero-order chi connectivity index (χ0) is 12.1. The summed E-state index contributed by atoms with van der Waals surface area (Å²) in [7, 11) is 0. The smallest absolute Gasteiger partial charge is 0.257 e. The zero-order valence-corrected chi connectivity index (χ0v) is 9.66. The molecular formula is C13H16FNO. The first-order valence-corrected chi connectivity index (χ1v) is 5.27. The monoisotopic (exact) mass is 221 g/mol. The Balaban J connectivity index is 3.03. The lowest BCUT2D eigenvalue weighted by molar-refractivity contribution is 0.0777. The topological polar surface area (TPSA) is 20.3 Å². The summed E-state index contributed by atoms with van der Waals surface area (Å²) >= 11 is 0. The molecule has 0 aliphatic heterocycles. The number of rotatable bonds is 4. The van der Waals surface area contributed by atoms with Gasteiger partial charge in [0.15, 0.2) is 0 Å². The van der Waals surface area contributed by atoms with E-state index in [1.54, 1.807) is 30.0 Å². The standard InChI is InChI=1S/C13H16FNO/c1-4-9-15(5-2)13(16)11-8-6-7-10(3)12(11)14/h4,6-8H,1,5,9H2,2-3H3. The van der Waals surface area contributed by atoms with Crippen LogP contribution in [0, 0.1) is 12.7 Å². The van der Waals surface area contributed by atoms with Crippen molar-refractivity contribution < 1.29 is 9.18 Å². The third-order valence-corrected chi connectivity index (χ3v) is 2.44. The van der Waals surface area contributed by atoms with Gasteiger partial charge in [0.1, 0.15) is 5.82 Å². The summed E-state index contributed by atoms with van der Waals surface area (Å²) in [6.45, 7) is 8.05. The fourth-order valence-electron chi connectivity index (χ4n) is 1.49. The van der Waals surface area contributed by atoms with Crippen molar-refractivity contribution in [3.05, 3.63) is 47.8 Å². The molecule has 0 unspecified atom stereocenters. The van der Waals surface area contributed by atoms with Crippen molar-refractivity contribution in [2.75, 3.05) is 13.1 Å². The third kappa shape index (κ3) is 2.48. The van der Waals surface area contributed by atoms with Crippen molar-refractivity contribution in [3.63, 3.8) is 0 Å². The first kappa shape index (κ1) is 12.4. The molecule has 0 N–H and O–H groups in total. The highest BCUT2D eigenvalue weighted by atomic mass is 19.1. The van der Waals surface area contributed by atoms with Gasteiger partial charge < -0.3 is 4.90 Å². The first-order valence-electron chi connectivity index (χ1n) is 5.27. The van der Waals surface area contributed by atoms with E-state index in [4.69, 9.17) is 0 Å². The highest BCUT2D eigenvalue weighted by Gasteiger charge is 2.17. The summed E-state index contributed by atoms with van der Waals surface area (Å²) in [6.07, 6.45) is 1.63.